The highest BCUT2D eigenvalue weighted by Crippen LogP contribution is 2.19. The first-order chi connectivity index (χ1) is 6.73. The summed E-state index contributed by atoms with van der Waals surface area (Å²) in [7, 11) is 0. The van der Waals surface area contributed by atoms with Crippen LogP contribution in [0.4, 0.5) is 0 Å². The molecule has 64 valence electrons. The van der Waals surface area contributed by atoms with Gasteiger partial charge < -0.3 is 0 Å². The van der Waals surface area contributed by atoms with Crippen LogP contribution < -0.4 is 0 Å². The fourth-order valence-corrected chi connectivity index (χ4v) is 0.875. The van der Waals surface area contributed by atoms with E-state index in [1.54, 1.807) is 20.8 Å². The van der Waals surface area contributed by atoms with Crippen LogP contribution in [-0.4, -0.2) is 5.78 Å². The summed E-state index contributed by atoms with van der Waals surface area (Å²) in [6, 6.07) is 2.42. The summed E-state index contributed by atoms with van der Waals surface area (Å²) < 4.78 is 22.2. The summed E-state index contributed by atoms with van der Waals surface area (Å²) in [6.07, 6.45) is 0. The number of carbonyl (C=O) groups is 1. The highest BCUT2D eigenvalue weighted by Gasteiger charge is 2.21. The minimum absolute atomic E-state index is 0.0740. The standard InChI is InChI=1S/C11H14O/c1-11(2,3)10(12)9-7-5-4-6-8-9/h4-8H,1-3H3/i4D,5D,6D. The van der Waals surface area contributed by atoms with Gasteiger partial charge in [0.05, 0.1) is 4.11 Å². The number of carbonyl (C=O) groups excluding carboxylic acids is 1. The fourth-order valence-electron chi connectivity index (χ4n) is 0.875. The fraction of sp³-hybridized carbons (Fsp3) is 0.364. The minimum atomic E-state index is -0.525. The predicted octanol–water partition coefficient (Wildman–Crippen LogP) is 2.92. The number of rotatable bonds is 1. The van der Waals surface area contributed by atoms with Gasteiger partial charge in [-0.3, -0.25) is 4.79 Å². The molecule has 12 heavy (non-hydrogen) atoms. The van der Waals surface area contributed by atoms with Crippen molar-refractivity contribution in [2.45, 2.75) is 20.8 Å². The Morgan fingerprint density at radius 2 is 1.75 bits per heavy atom. The van der Waals surface area contributed by atoms with Gasteiger partial charge in [-0.15, -0.1) is 0 Å². The summed E-state index contributed by atoms with van der Waals surface area (Å²) in [5, 5.41) is 0. The average Bonchev–Trinajstić information content (AvgIpc) is 2.10. The lowest BCUT2D eigenvalue weighted by Crippen LogP contribution is -2.19. The summed E-state index contributed by atoms with van der Waals surface area (Å²) in [5.41, 5.74) is -0.184. The third kappa shape index (κ3) is 1.94. The van der Waals surface area contributed by atoms with Crippen molar-refractivity contribution in [3.05, 3.63) is 35.8 Å². The van der Waals surface area contributed by atoms with E-state index in [1.165, 1.54) is 12.1 Å². The third-order valence-electron chi connectivity index (χ3n) is 1.54. The summed E-state index contributed by atoms with van der Waals surface area (Å²) in [4.78, 5) is 11.9. The molecular formula is C11H14O. The van der Waals surface area contributed by atoms with Gasteiger partial charge in [-0.2, -0.15) is 0 Å². The second-order valence-electron chi connectivity index (χ2n) is 3.74. The van der Waals surface area contributed by atoms with E-state index in [0.717, 1.165) is 0 Å². The van der Waals surface area contributed by atoms with E-state index in [-0.39, 0.29) is 23.9 Å². The Balaban J connectivity index is 3.24. The van der Waals surface area contributed by atoms with E-state index in [2.05, 4.69) is 0 Å². The van der Waals surface area contributed by atoms with Crippen LogP contribution in [0, 0.1) is 5.41 Å². The van der Waals surface area contributed by atoms with Gasteiger partial charge in [0.1, 0.15) is 0 Å². The van der Waals surface area contributed by atoms with Crippen molar-refractivity contribution in [2.24, 2.45) is 5.41 Å². The zero-order chi connectivity index (χ0) is 11.8. The zero-order valence-corrected chi connectivity index (χ0v) is 7.56. The number of benzene rings is 1. The lowest BCUT2D eigenvalue weighted by molar-refractivity contribution is 0.0858. The number of hydrogen-bond acceptors (Lipinski definition) is 1. The maximum Gasteiger partial charge on any atom is 0.168 e. The van der Waals surface area contributed by atoms with Crippen molar-refractivity contribution in [2.75, 3.05) is 0 Å². The maximum absolute atomic E-state index is 11.9. The molecule has 1 aromatic rings. The lowest BCUT2D eigenvalue weighted by atomic mass is 9.87. The number of Topliss-reactive ketones (excluding diaryl/α,β-unsaturated/α-hetero) is 1. The molecule has 1 heteroatoms. The van der Waals surface area contributed by atoms with Crippen LogP contribution in [0.25, 0.3) is 0 Å². The average molecular weight is 165 g/mol. The molecule has 0 radical (unpaired) electrons. The lowest BCUT2D eigenvalue weighted by Gasteiger charge is -2.16. The van der Waals surface area contributed by atoms with Gasteiger partial charge in [0.2, 0.25) is 0 Å². The molecule has 0 heterocycles. The molecule has 0 aliphatic rings. The van der Waals surface area contributed by atoms with Crippen LogP contribution in [0.2, 0.25) is 0 Å². The van der Waals surface area contributed by atoms with Crippen molar-refractivity contribution in [3.8, 4) is 0 Å². The Labute approximate surface area is 77.6 Å². The first kappa shape index (κ1) is 5.52. The van der Waals surface area contributed by atoms with Crippen molar-refractivity contribution < 1.29 is 8.91 Å². The molecule has 0 aliphatic heterocycles. The van der Waals surface area contributed by atoms with Gasteiger partial charge in [0, 0.05) is 11.0 Å². The van der Waals surface area contributed by atoms with Crippen LogP contribution in [0.15, 0.2) is 30.3 Å². The van der Waals surface area contributed by atoms with Gasteiger partial charge in [0.15, 0.2) is 5.78 Å². The molecule has 1 rings (SSSR count). The van der Waals surface area contributed by atoms with Gasteiger partial charge in [-0.1, -0.05) is 51.0 Å². The van der Waals surface area contributed by atoms with Crippen LogP contribution in [0.1, 0.15) is 35.2 Å². The topological polar surface area (TPSA) is 17.1 Å². The Morgan fingerprint density at radius 1 is 1.25 bits per heavy atom. The normalized spacial score (nSPS) is 14.8. The molecular weight excluding hydrogens is 148 g/mol. The van der Waals surface area contributed by atoms with Crippen LogP contribution >= 0.6 is 0 Å². The van der Waals surface area contributed by atoms with Crippen molar-refractivity contribution in [3.63, 3.8) is 0 Å². The van der Waals surface area contributed by atoms with E-state index >= 15 is 0 Å². The quantitative estimate of drug-likeness (QED) is 0.585. The third-order valence-corrected chi connectivity index (χ3v) is 1.54. The molecule has 1 aromatic carbocycles. The van der Waals surface area contributed by atoms with Crippen molar-refractivity contribution in [1.29, 1.82) is 0 Å². The zero-order valence-electron chi connectivity index (χ0n) is 10.6. The smallest absolute Gasteiger partial charge is 0.168 e. The summed E-state index contributed by atoms with van der Waals surface area (Å²) in [6.45, 7) is 5.37. The molecule has 0 bridgehead atoms. The SMILES string of the molecule is [2H]c1cc(C(=O)C(C)(C)C)cc([2H])c1[2H]. The first-order valence-corrected chi connectivity index (χ1v) is 3.86. The highest BCUT2D eigenvalue weighted by atomic mass is 16.1. The van der Waals surface area contributed by atoms with E-state index in [1.807, 2.05) is 0 Å². The summed E-state index contributed by atoms with van der Waals surface area (Å²) in [5.74, 6) is -0.107. The molecule has 0 unspecified atom stereocenters. The number of ketones is 1. The largest absolute Gasteiger partial charge is 0.294 e. The van der Waals surface area contributed by atoms with Crippen LogP contribution in [0.3, 0.4) is 0 Å². The predicted molar refractivity (Wildman–Crippen MR) is 50.2 cm³/mol. The molecule has 0 amide bonds. The van der Waals surface area contributed by atoms with Crippen LogP contribution in [-0.2, 0) is 0 Å². The molecule has 0 saturated heterocycles. The molecule has 1 nitrogen and oxygen atoms in total. The van der Waals surface area contributed by atoms with Gasteiger partial charge in [-0.25, -0.2) is 0 Å². The Hall–Kier alpha value is -1.11. The molecule has 0 aromatic heterocycles. The molecule has 0 spiro atoms. The first-order valence-electron chi connectivity index (χ1n) is 5.36. The van der Waals surface area contributed by atoms with Crippen molar-refractivity contribution in [1.82, 2.24) is 0 Å². The highest BCUT2D eigenvalue weighted by molar-refractivity contribution is 5.99. The van der Waals surface area contributed by atoms with E-state index in [4.69, 9.17) is 4.11 Å². The molecule has 0 atom stereocenters. The van der Waals surface area contributed by atoms with E-state index in [9.17, 15) is 4.79 Å². The second kappa shape index (κ2) is 3.10. The Morgan fingerprint density at radius 3 is 2.17 bits per heavy atom. The second-order valence-corrected chi connectivity index (χ2v) is 3.74. The maximum atomic E-state index is 11.9. The molecule has 0 aliphatic carbocycles. The van der Waals surface area contributed by atoms with Crippen LogP contribution in [0.5, 0.6) is 0 Å². The monoisotopic (exact) mass is 165 g/mol. The minimum Gasteiger partial charge on any atom is -0.294 e. The Bertz CT molecular complexity index is 382. The van der Waals surface area contributed by atoms with E-state index in [0.29, 0.717) is 5.56 Å². The van der Waals surface area contributed by atoms with Gasteiger partial charge in [0.25, 0.3) is 0 Å². The van der Waals surface area contributed by atoms with Crippen molar-refractivity contribution >= 4 is 5.78 Å². The molecule has 0 fully saturated rings. The number of hydrogen-bond donors (Lipinski definition) is 0. The summed E-state index contributed by atoms with van der Waals surface area (Å²) >= 11 is 0. The van der Waals surface area contributed by atoms with E-state index < -0.39 is 5.41 Å². The Kier molecular flexibility index (Phi) is 1.42. The molecule has 0 N–H and O–H groups in total. The van der Waals surface area contributed by atoms with Gasteiger partial charge in [-0.05, 0) is 0 Å². The van der Waals surface area contributed by atoms with Gasteiger partial charge >= 0.3 is 0 Å². The molecule has 0 saturated carbocycles.